The second-order valence-electron chi connectivity index (χ2n) is 4.88. The highest BCUT2D eigenvalue weighted by Gasteiger charge is 2.05. The van der Waals surface area contributed by atoms with Crippen molar-refractivity contribution in [2.45, 2.75) is 13.0 Å². The molecule has 0 atom stereocenters. The van der Waals surface area contributed by atoms with Crippen molar-refractivity contribution in [2.24, 2.45) is 4.99 Å². The SMILES string of the molecule is O=C(O)COC1=CCC(=NCCOCc2ccc(Br)cc2)C=C1. The number of aliphatic carboxylic acids is 1. The highest BCUT2D eigenvalue weighted by Crippen LogP contribution is 2.11. The highest BCUT2D eigenvalue weighted by atomic mass is 79.9. The number of aliphatic imine (C=N–C) groups is 1. The molecule has 23 heavy (non-hydrogen) atoms. The monoisotopic (exact) mass is 379 g/mol. The molecule has 5 nitrogen and oxygen atoms in total. The predicted molar refractivity (Wildman–Crippen MR) is 91.5 cm³/mol. The van der Waals surface area contributed by atoms with E-state index in [4.69, 9.17) is 14.6 Å². The number of ether oxygens (including phenoxy) is 2. The van der Waals surface area contributed by atoms with Crippen LogP contribution in [-0.4, -0.2) is 36.5 Å². The van der Waals surface area contributed by atoms with Gasteiger partial charge in [0.2, 0.25) is 0 Å². The normalized spacial score (nSPS) is 15.5. The van der Waals surface area contributed by atoms with Crippen molar-refractivity contribution >= 4 is 27.6 Å². The van der Waals surface area contributed by atoms with Gasteiger partial charge in [0.1, 0.15) is 5.76 Å². The van der Waals surface area contributed by atoms with Crippen LogP contribution in [0, 0.1) is 0 Å². The summed E-state index contributed by atoms with van der Waals surface area (Å²) in [5, 5.41) is 8.54. The third kappa shape index (κ3) is 6.80. The number of carbonyl (C=O) groups is 1. The van der Waals surface area contributed by atoms with Crippen molar-refractivity contribution in [3.63, 3.8) is 0 Å². The first kappa shape index (κ1) is 17.4. The first-order chi connectivity index (χ1) is 11.1. The number of hydrogen-bond acceptors (Lipinski definition) is 4. The molecule has 1 aromatic rings. The van der Waals surface area contributed by atoms with Gasteiger partial charge in [-0.25, -0.2) is 4.79 Å². The molecule has 0 saturated carbocycles. The maximum Gasteiger partial charge on any atom is 0.341 e. The Kier molecular flexibility index (Phi) is 7.03. The molecule has 0 saturated heterocycles. The van der Waals surface area contributed by atoms with Crippen molar-refractivity contribution < 1.29 is 19.4 Å². The van der Waals surface area contributed by atoms with Gasteiger partial charge < -0.3 is 14.6 Å². The minimum Gasteiger partial charge on any atom is -0.482 e. The zero-order valence-corrected chi connectivity index (χ0v) is 14.2. The molecule has 122 valence electrons. The maximum absolute atomic E-state index is 10.4. The Morgan fingerprint density at radius 2 is 2.04 bits per heavy atom. The molecule has 0 amide bonds. The minimum atomic E-state index is -0.985. The molecule has 0 bridgehead atoms. The summed E-state index contributed by atoms with van der Waals surface area (Å²) >= 11 is 3.40. The summed E-state index contributed by atoms with van der Waals surface area (Å²) in [6.45, 7) is 1.39. The Hall–Kier alpha value is -1.92. The van der Waals surface area contributed by atoms with E-state index >= 15 is 0 Å². The summed E-state index contributed by atoms with van der Waals surface area (Å²) in [7, 11) is 0. The summed E-state index contributed by atoms with van der Waals surface area (Å²) in [6, 6.07) is 8.01. The van der Waals surface area contributed by atoms with E-state index in [1.807, 2.05) is 36.4 Å². The predicted octanol–water partition coefficient (Wildman–Crippen LogP) is 3.35. The number of nitrogens with zero attached hydrogens (tertiary/aromatic N) is 1. The van der Waals surface area contributed by atoms with Crippen LogP contribution in [0.15, 0.2) is 57.7 Å². The van der Waals surface area contributed by atoms with Crippen molar-refractivity contribution in [2.75, 3.05) is 19.8 Å². The number of carboxylic acid groups (broad SMARTS) is 1. The Bertz CT molecular complexity index is 620. The van der Waals surface area contributed by atoms with Crippen molar-refractivity contribution in [1.29, 1.82) is 0 Å². The van der Waals surface area contributed by atoms with Crippen molar-refractivity contribution in [3.05, 3.63) is 58.3 Å². The van der Waals surface area contributed by atoms with E-state index in [0.29, 0.717) is 31.9 Å². The lowest BCUT2D eigenvalue weighted by Crippen LogP contribution is -2.08. The highest BCUT2D eigenvalue weighted by molar-refractivity contribution is 9.10. The molecule has 0 heterocycles. The molecule has 0 spiro atoms. The largest absolute Gasteiger partial charge is 0.482 e. The fourth-order valence-electron chi connectivity index (χ4n) is 1.91. The molecule has 2 rings (SSSR count). The van der Waals surface area contributed by atoms with Crippen molar-refractivity contribution in [1.82, 2.24) is 0 Å². The lowest BCUT2D eigenvalue weighted by molar-refractivity contribution is -0.140. The second kappa shape index (κ2) is 9.27. The van der Waals surface area contributed by atoms with E-state index in [0.717, 1.165) is 15.7 Å². The minimum absolute atomic E-state index is 0.327. The summed E-state index contributed by atoms with van der Waals surface area (Å²) in [5.74, 6) is -0.417. The molecular formula is C17H18BrNO4. The van der Waals surface area contributed by atoms with Crippen LogP contribution in [0.25, 0.3) is 0 Å². The Labute approximate surface area is 143 Å². The molecule has 0 aromatic heterocycles. The second-order valence-corrected chi connectivity index (χ2v) is 5.79. The van der Waals surface area contributed by atoms with Gasteiger partial charge >= 0.3 is 5.97 Å². The van der Waals surface area contributed by atoms with Gasteiger partial charge in [0.25, 0.3) is 0 Å². The topological polar surface area (TPSA) is 68.1 Å². The molecule has 0 fully saturated rings. The van der Waals surface area contributed by atoms with Gasteiger partial charge in [-0.05, 0) is 35.9 Å². The molecule has 1 aliphatic rings. The van der Waals surface area contributed by atoms with E-state index in [-0.39, 0.29) is 6.61 Å². The molecule has 0 radical (unpaired) electrons. The molecule has 1 aliphatic carbocycles. The van der Waals surface area contributed by atoms with Crippen LogP contribution >= 0.6 is 15.9 Å². The quantitative estimate of drug-likeness (QED) is 0.703. The van der Waals surface area contributed by atoms with E-state index in [2.05, 4.69) is 20.9 Å². The van der Waals surface area contributed by atoms with Gasteiger partial charge in [0.15, 0.2) is 6.61 Å². The molecule has 1 aromatic carbocycles. The number of carboxylic acids is 1. The molecule has 0 unspecified atom stereocenters. The van der Waals surface area contributed by atoms with Crippen molar-refractivity contribution in [3.8, 4) is 0 Å². The van der Waals surface area contributed by atoms with Gasteiger partial charge in [-0.1, -0.05) is 28.1 Å². The van der Waals surface area contributed by atoms with Crippen LogP contribution in [0.2, 0.25) is 0 Å². The fourth-order valence-corrected chi connectivity index (χ4v) is 2.18. The maximum atomic E-state index is 10.4. The van der Waals surface area contributed by atoms with Gasteiger partial charge in [-0.3, -0.25) is 4.99 Å². The Morgan fingerprint density at radius 1 is 1.26 bits per heavy atom. The fraction of sp³-hybridized carbons (Fsp3) is 0.294. The van der Waals surface area contributed by atoms with Crippen LogP contribution in [0.4, 0.5) is 0 Å². The van der Waals surface area contributed by atoms with Gasteiger partial charge in [-0.2, -0.15) is 0 Å². The third-order valence-corrected chi connectivity index (χ3v) is 3.58. The third-order valence-electron chi connectivity index (χ3n) is 3.05. The number of benzene rings is 1. The number of halogens is 1. The summed E-state index contributed by atoms with van der Waals surface area (Å²) in [4.78, 5) is 14.9. The zero-order chi connectivity index (χ0) is 16.5. The standard InChI is InChI=1S/C17H18BrNO4/c18-14-3-1-13(2-4-14)11-22-10-9-19-15-5-7-16(8-6-15)23-12-17(20)21/h1-5,7-8H,6,9-12H2,(H,20,21). The molecule has 0 aliphatic heterocycles. The van der Waals surface area contributed by atoms with Gasteiger partial charge in [0.05, 0.1) is 19.8 Å². The summed E-state index contributed by atoms with van der Waals surface area (Å²) in [5.41, 5.74) is 2.06. The smallest absolute Gasteiger partial charge is 0.341 e. The van der Waals surface area contributed by atoms with Gasteiger partial charge in [0, 0.05) is 16.6 Å². The molecule has 6 heteroatoms. The van der Waals surface area contributed by atoms with Gasteiger partial charge in [-0.15, -0.1) is 0 Å². The first-order valence-electron chi connectivity index (χ1n) is 7.22. The Balaban J connectivity index is 1.64. The summed E-state index contributed by atoms with van der Waals surface area (Å²) in [6.07, 6.45) is 6.03. The summed E-state index contributed by atoms with van der Waals surface area (Å²) < 4.78 is 11.7. The van der Waals surface area contributed by atoms with Crippen LogP contribution < -0.4 is 0 Å². The van der Waals surface area contributed by atoms with E-state index in [1.54, 1.807) is 6.08 Å². The van der Waals surface area contributed by atoms with Crippen LogP contribution in [0.5, 0.6) is 0 Å². The molecular weight excluding hydrogens is 362 g/mol. The Morgan fingerprint density at radius 3 is 2.70 bits per heavy atom. The first-order valence-corrected chi connectivity index (χ1v) is 8.01. The van der Waals surface area contributed by atoms with E-state index in [1.165, 1.54) is 0 Å². The van der Waals surface area contributed by atoms with Crippen LogP contribution in [0.1, 0.15) is 12.0 Å². The number of rotatable bonds is 8. The van der Waals surface area contributed by atoms with E-state index in [9.17, 15) is 4.79 Å². The zero-order valence-electron chi connectivity index (χ0n) is 12.6. The molecule has 1 N–H and O–H groups in total. The average molecular weight is 380 g/mol. The van der Waals surface area contributed by atoms with Crippen LogP contribution in [-0.2, 0) is 20.9 Å². The average Bonchev–Trinajstić information content (AvgIpc) is 2.55. The number of hydrogen-bond donors (Lipinski definition) is 1. The lowest BCUT2D eigenvalue weighted by Gasteiger charge is -2.09. The van der Waals surface area contributed by atoms with E-state index < -0.39 is 5.97 Å². The number of allylic oxidation sites excluding steroid dienone is 3. The van der Waals surface area contributed by atoms with Crippen LogP contribution in [0.3, 0.4) is 0 Å². The lowest BCUT2D eigenvalue weighted by atomic mass is 10.1.